The van der Waals surface area contributed by atoms with Crippen molar-refractivity contribution >= 4 is 0 Å². The van der Waals surface area contributed by atoms with Crippen molar-refractivity contribution in [3.8, 4) is 0 Å². The zero-order valence-corrected chi connectivity index (χ0v) is 10.8. The molecular formula is C13H27NO. The first-order chi connectivity index (χ1) is 7.20. The van der Waals surface area contributed by atoms with Crippen LogP contribution in [0.25, 0.3) is 0 Å². The van der Waals surface area contributed by atoms with Crippen LogP contribution >= 0.6 is 0 Å². The van der Waals surface area contributed by atoms with E-state index >= 15 is 0 Å². The molecule has 3 unspecified atom stereocenters. The quantitative estimate of drug-likeness (QED) is 0.732. The fourth-order valence-electron chi connectivity index (χ4n) is 2.69. The van der Waals surface area contributed by atoms with Gasteiger partial charge in [-0.25, -0.2) is 0 Å². The van der Waals surface area contributed by atoms with Crippen LogP contribution in [0, 0.1) is 11.8 Å². The molecule has 0 aromatic heterocycles. The zero-order valence-electron chi connectivity index (χ0n) is 10.8. The third-order valence-corrected chi connectivity index (χ3v) is 3.47. The Hall–Kier alpha value is -0.0800. The normalized spacial score (nSPS) is 28.6. The van der Waals surface area contributed by atoms with E-state index in [0.29, 0.717) is 18.1 Å². The van der Waals surface area contributed by atoms with Gasteiger partial charge in [-0.1, -0.05) is 27.7 Å². The van der Waals surface area contributed by atoms with Crippen molar-refractivity contribution < 1.29 is 4.74 Å². The van der Waals surface area contributed by atoms with Gasteiger partial charge < -0.3 is 10.1 Å². The topological polar surface area (TPSA) is 21.3 Å². The molecule has 1 aliphatic heterocycles. The van der Waals surface area contributed by atoms with Crippen LogP contribution in [-0.2, 0) is 4.74 Å². The highest BCUT2D eigenvalue weighted by Crippen LogP contribution is 2.29. The molecule has 0 radical (unpaired) electrons. The third kappa shape index (κ3) is 3.46. The second kappa shape index (κ2) is 6.49. The predicted octanol–water partition coefficient (Wildman–Crippen LogP) is 2.83. The molecule has 2 heteroatoms. The predicted molar refractivity (Wildman–Crippen MR) is 65.1 cm³/mol. The van der Waals surface area contributed by atoms with Gasteiger partial charge in [0, 0.05) is 18.6 Å². The maximum absolute atomic E-state index is 5.79. The summed E-state index contributed by atoms with van der Waals surface area (Å²) in [5, 5.41) is 3.70. The van der Waals surface area contributed by atoms with Gasteiger partial charge in [0.2, 0.25) is 0 Å². The van der Waals surface area contributed by atoms with Crippen LogP contribution in [0.3, 0.4) is 0 Å². The largest absolute Gasteiger partial charge is 0.378 e. The first-order valence-electron chi connectivity index (χ1n) is 6.55. The van der Waals surface area contributed by atoms with Gasteiger partial charge in [0.1, 0.15) is 0 Å². The molecular weight excluding hydrogens is 186 g/mol. The maximum Gasteiger partial charge on any atom is 0.0616 e. The van der Waals surface area contributed by atoms with E-state index < -0.39 is 0 Å². The van der Waals surface area contributed by atoms with E-state index in [4.69, 9.17) is 4.74 Å². The summed E-state index contributed by atoms with van der Waals surface area (Å²) in [6, 6.07) is 0.636. The summed E-state index contributed by atoms with van der Waals surface area (Å²) >= 11 is 0. The number of hydrogen-bond acceptors (Lipinski definition) is 2. The van der Waals surface area contributed by atoms with E-state index in [1.54, 1.807) is 0 Å². The van der Waals surface area contributed by atoms with Gasteiger partial charge in [0.05, 0.1) is 6.10 Å². The highest BCUT2D eigenvalue weighted by atomic mass is 16.5. The molecule has 0 aromatic rings. The fourth-order valence-corrected chi connectivity index (χ4v) is 2.69. The minimum absolute atomic E-state index is 0.488. The fraction of sp³-hybridized carbons (Fsp3) is 1.00. The second-order valence-electron chi connectivity index (χ2n) is 4.99. The van der Waals surface area contributed by atoms with Gasteiger partial charge in [-0.2, -0.15) is 0 Å². The number of ether oxygens (including phenoxy) is 1. The molecule has 90 valence electrons. The van der Waals surface area contributed by atoms with Crippen molar-refractivity contribution in [2.24, 2.45) is 11.8 Å². The highest BCUT2D eigenvalue weighted by Gasteiger charge is 2.34. The van der Waals surface area contributed by atoms with Crippen LogP contribution in [0.4, 0.5) is 0 Å². The van der Waals surface area contributed by atoms with Crippen molar-refractivity contribution in [2.75, 3.05) is 13.2 Å². The molecule has 1 fully saturated rings. The molecule has 3 atom stereocenters. The molecule has 1 N–H and O–H groups in total. The Morgan fingerprint density at radius 2 is 2.07 bits per heavy atom. The van der Waals surface area contributed by atoms with Gasteiger partial charge in [-0.15, -0.1) is 0 Å². The molecule has 0 aromatic carbocycles. The Balaban J connectivity index is 2.53. The summed E-state index contributed by atoms with van der Waals surface area (Å²) in [5.41, 5.74) is 0. The smallest absolute Gasteiger partial charge is 0.0616 e. The molecule has 0 amide bonds. The molecule has 1 aliphatic rings. The minimum atomic E-state index is 0.488. The van der Waals surface area contributed by atoms with Crippen LogP contribution in [0.5, 0.6) is 0 Å². The summed E-state index contributed by atoms with van der Waals surface area (Å²) in [7, 11) is 0. The molecule has 0 saturated carbocycles. The van der Waals surface area contributed by atoms with Crippen molar-refractivity contribution in [2.45, 2.75) is 59.1 Å². The standard InChI is InChI=1S/C13H27NO/c1-5-8-14-13(10(3)4)11-7-9-15-12(11)6-2/h10-14H,5-9H2,1-4H3. The summed E-state index contributed by atoms with van der Waals surface area (Å²) in [6.45, 7) is 11.2. The van der Waals surface area contributed by atoms with Crippen LogP contribution in [0.2, 0.25) is 0 Å². The van der Waals surface area contributed by atoms with Gasteiger partial charge in [-0.3, -0.25) is 0 Å². The van der Waals surface area contributed by atoms with Crippen LogP contribution in [0.1, 0.15) is 47.0 Å². The van der Waals surface area contributed by atoms with Crippen LogP contribution in [0.15, 0.2) is 0 Å². The summed E-state index contributed by atoms with van der Waals surface area (Å²) in [5.74, 6) is 1.43. The van der Waals surface area contributed by atoms with Gasteiger partial charge >= 0.3 is 0 Å². The van der Waals surface area contributed by atoms with Gasteiger partial charge in [0.25, 0.3) is 0 Å². The monoisotopic (exact) mass is 213 g/mol. The van der Waals surface area contributed by atoms with E-state index in [0.717, 1.165) is 25.5 Å². The van der Waals surface area contributed by atoms with E-state index in [9.17, 15) is 0 Å². The number of hydrogen-bond donors (Lipinski definition) is 1. The first-order valence-corrected chi connectivity index (χ1v) is 6.55. The first kappa shape index (κ1) is 13.0. The van der Waals surface area contributed by atoms with E-state index in [1.165, 1.54) is 12.8 Å². The van der Waals surface area contributed by atoms with E-state index in [1.807, 2.05) is 0 Å². The second-order valence-corrected chi connectivity index (χ2v) is 4.99. The Morgan fingerprint density at radius 1 is 1.33 bits per heavy atom. The molecule has 1 rings (SSSR count). The maximum atomic E-state index is 5.79. The van der Waals surface area contributed by atoms with Crippen molar-refractivity contribution in [3.63, 3.8) is 0 Å². The molecule has 15 heavy (non-hydrogen) atoms. The van der Waals surface area contributed by atoms with Crippen LogP contribution < -0.4 is 5.32 Å². The Morgan fingerprint density at radius 3 is 2.60 bits per heavy atom. The summed E-state index contributed by atoms with van der Waals surface area (Å²) < 4.78 is 5.79. The number of nitrogens with one attached hydrogen (secondary N) is 1. The lowest BCUT2D eigenvalue weighted by Gasteiger charge is -2.31. The highest BCUT2D eigenvalue weighted by molar-refractivity contribution is 4.87. The van der Waals surface area contributed by atoms with Gasteiger partial charge in [-0.05, 0) is 31.7 Å². The molecule has 0 aliphatic carbocycles. The lowest BCUT2D eigenvalue weighted by atomic mass is 9.84. The molecule has 1 saturated heterocycles. The average molecular weight is 213 g/mol. The molecule has 0 spiro atoms. The lowest BCUT2D eigenvalue weighted by molar-refractivity contribution is 0.0716. The summed E-state index contributed by atoms with van der Waals surface area (Å²) in [6.07, 6.45) is 4.09. The molecule has 1 heterocycles. The van der Waals surface area contributed by atoms with Crippen molar-refractivity contribution in [3.05, 3.63) is 0 Å². The third-order valence-electron chi connectivity index (χ3n) is 3.47. The molecule has 2 nitrogen and oxygen atoms in total. The Bertz CT molecular complexity index is 170. The van der Waals surface area contributed by atoms with E-state index in [-0.39, 0.29) is 0 Å². The van der Waals surface area contributed by atoms with Crippen LogP contribution in [-0.4, -0.2) is 25.3 Å². The molecule has 0 bridgehead atoms. The summed E-state index contributed by atoms with van der Waals surface area (Å²) in [4.78, 5) is 0. The Labute approximate surface area is 94.8 Å². The number of rotatable bonds is 6. The van der Waals surface area contributed by atoms with E-state index in [2.05, 4.69) is 33.0 Å². The zero-order chi connectivity index (χ0) is 11.3. The Kier molecular flexibility index (Phi) is 5.62. The van der Waals surface area contributed by atoms with Crippen molar-refractivity contribution in [1.82, 2.24) is 5.32 Å². The SMILES string of the molecule is CCCNC(C(C)C)C1CCOC1CC. The lowest BCUT2D eigenvalue weighted by Crippen LogP contribution is -2.43. The minimum Gasteiger partial charge on any atom is -0.378 e. The van der Waals surface area contributed by atoms with Gasteiger partial charge in [0.15, 0.2) is 0 Å². The average Bonchev–Trinajstić information content (AvgIpc) is 2.66. The van der Waals surface area contributed by atoms with Crippen molar-refractivity contribution in [1.29, 1.82) is 0 Å².